The van der Waals surface area contributed by atoms with Gasteiger partial charge in [0.2, 0.25) is 5.56 Å². The van der Waals surface area contributed by atoms with Crippen molar-refractivity contribution in [2.24, 2.45) is 0 Å². The van der Waals surface area contributed by atoms with Gasteiger partial charge in [-0.3, -0.25) is 9.59 Å². The second kappa shape index (κ2) is 4.57. The Morgan fingerprint density at radius 2 is 2.43 bits per heavy atom. The van der Waals surface area contributed by atoms with E-state index < -0.39 is 0 Å². The van der Waals surface area contributed by atoms with E-state index in [-0.39, 0.29) is 29.7 Å². The van der Waals surface area contributed by atoms with Gasteiger partial charge < -0.3 is 15.4 Å². The maximum atomic E-state index is 11.4. The van der Waals surface area contributed by atoms with Crippen molar-refractivity contribution < 1.29 is 9.90 Å². The number of H-pyrrole nitrogens is 1. The number of carbonyl (C=O) groups is 1. The van der Waals surface area contributed by atoms with Crippen molar-refractivity contribution >= 4 is 5.91 Å². The highest BCUT2D eigenvalue weighted by Gasteiger charge is 2.08. The van der Waals surface area contributed by atoms with E-state index >= 15 is 0 Å². The summed E-state index contributed by atoms with van der Waals surface area (Å²) in [5.41, 5.74) is -0.0386. The van der Waals surface area contributed by atoms with E-state index in [4.69, 9.17) is 5.11 Å². The van der Waals surface area contributed by atoms with Crippen LogP contribution in [-0.2, 0) is 0 Å². The first-order chi connectivity index (χ1) is 6.63. The van der Waals surface area contributed by atoms with E-state index in [1.54, 1.807) is 6.92 Å². The summed E-state index contributed by atoms with van der Waals surface area (Å²) in [5.74, 6) is -0.363. The SMILES string of the molecule is CC(CO)NC(=O)c1cc[nH]c(=O)c1. The molecular weight excluding hydrogens is 184 g/mol. The molecule has 14 heavy (non-hydrogen) atoms. The Bertz CT molecular complexity index is 372. The van der Waals surface area contributed by atoms with Gasteiger partial charge in [-0.1, -0.05) is 0 Å². The third kappa shape index (κ3) is 2.70. The Morgan fingerprint density at radius 1 is 1.71 bits per heavy atom. The molecule has 0 bridgehead atoms. The number of hydrogen-bond acceptors (Lipinski definition) is 3. The average molecular weight is 196 g/mol. The van der Waals surface area contributed by atoms with Crippen LogP contribution < -0.4 is 10.9 Å². The molecule has 0 saturated heterocycles. The smallest absolute Gasteiger partial charge is 0.251 e. The van der Waals surface area contributed by atoms with Gasteiger partial charge in [0.25, 0.3) is 5.91 Å². The van der Waals surface area contributed by atoms with Crippen LogP contribution in [0.15, 0.2) is 23.1 Å². The third-order valence-corrected chi connectivity index (χ3v) is 1.69. The fourth-order valence-corrected chi connectivity index (χ4v) is 0.939. The molecule has 0 saturated carbocycles. The first kappa shape index (κ1) is 10.5. The van der Waals surface area contributed by atoms with Gasteiger partial charge in [0.1, 0.15) is 0 Å². The van der Waals surface area contributed by atoms with Gasteiger partial charge >= 0.3 is 0 Å². The highest BCUT2D eigenvalue weighted by Crippen LogP contribution is 1.93. The fraction of sp³-hybridized carbons (Fsp3) is 0.333. The second-order valence-electron chi connectivity index (χ2n) is 3.00. The number of nitrogens with one attached hydrogen (secondary N) is 2. The minimum Gasteiger partial charge on any atom is -0.394 e. The molecule has 1 aromatic heterocycles. The van der Waals surface area contributed by atoms with Crippen molar-refractivity contribution in [3.63, 3.8) is 0 Å². The first-order valence-electron chi connectivity index (χ1n) is 4.24. The Hall–Kier alpha value is -1.62. The summed E-state index contributed by atoms with van der Waals surface area (Å²) in [5, 5.41) is 11.2. The van der Waals surface area contributed by atoms with Crippen molar-refractivity contribution in [2.75, 3.05) is 6.61 Å². The summed E-state index contributed by atoms with van der Waals surface area (Å²) in [4.78, 5) is 24.7. The topological polar surface area (TPSA) is 82.2 Å². The van der Waals surface area contributed by atoms with Crippen LogP contribution in [0.3, 0.4) is 0 Å². The minimum atomic E-state index is -0.363. The molecule has 0 aliphatic rings. The van der Waals surface area contributed by atoms with Crippen LogP contribution in [0.25, 0.3) is 0 Å². The molecular formula is C9H12N2O3. The van der Waals surface area contributed by atoms with E-state index in [0.717, 1.165) is 0 Å². The van der Waals surface area contributed by atoms with Gasteiger partial charge in [-0.15, -0.1) is 0 Å². The number of aliphatic hydroxyl groups is 1. The molecule has 5 heteroatoms. The predicted octanol–water partition coefficient (Wildman–Crippen LogP) is -0.514. The summed E-state index contributed by atoms with van der Waals surface area (Å²) < 4.78 is 0. The molecule has 1 atom stereocenters. The highest BCUT2D eigenvalue weighted by molar-refractivity contribution is 5.94. The van der Waals surface area contributed by atoms with Crippen molar-refractivity contribution in [1.29, 1.82) is 0 Å². The van der Waals surface area contributed by atoms with Crippen LogP contribution >= 0.6 is 0 Å². The maximum Gasteiger partial charge on any atom is 0.251 e. The van der Waals surface area contributed by atoms with Crippen LogP contribution in [0.4, 0.5) is 0 Å². The van der Waals surface area contributed by atoms with Gasteiger partial charge in [-0.05, 0) is 13.0 Å². The standard InChI is InChI=1S/C9H12N2O3/c1-6(5-12)11-9(14)7-2-3-10-8(13)4-7/h2-4,6,12H,5H2,1H3,(H,10,13)(H,11,14). The molecule has 76 valence electrons. The van der Waals surface area contributed by atoms with Gasteiger partial charge in [-0.25, -0.2) is 0 Å². The molecule has 0 aromatic carbocycles. The molecule has 0 aliphatic heterocycles. The summed E-state index contributed by atoms with van der Waals surface area (Å²) in [6, 6.07) is 2.39. The Balaban J connectivity index is 2.75. The molecule has 1 heterocycles. The summed E-state index contributed by atoms with van der Waals surface area (Å²) >= 11 is 0. The van der Waals surface area contributed by atoms with Gasteiger partial charge in [0.05, 0.1) is 6.61 Å². The molecule has 0 aliphatic carbocycles. The molecule has 1 amide bonds. The Morgan fingerprint density at radius 3 is 3.00 bits per heavy atom. The van der Waals surface area contributed by atoms with Gasteiger partial charge in [-0.2, -0.15) is 0 Å². The van der Waals surface area contributed by atoms with E-state index in [2.05, 4.69) is 10.3 Å². The van der Waals surface area contributed by atoms with Crippen molar-refractivity contribution in [3.05, 3.63) is 34.2 Å². The van der Waals surface area contributed by atoms with E-state index in [1.165, 1.54) is 18.3 Å². The van der Waals surface area contributed by atoms with Crippen molar-refractivity contribution in [2.45, 2.75) is 13.0 Å². The monoisotopic (exact) mass is 196 g/mol. The molecule has 0 fully saturated rings. The first-order valence-corrected chi connectivity index (χ1v) is 4.24. The third-order valence-electron chi connectivity index (χ3n) is 1.69. The lowest BCUT2D eigenvalue weighted by molar-refractivity contribution is 0.0922. The van der Waals surface area contributed by atoms with E-state index in [0.29, 0.717) is 0 Å². The quantitative estimate of drug-likeness (QED) is 0.608. The molecule has 0 spiro atoms. The normalized spacial score (nSPS) is 12.1. The molecule has 5 nitrogen and oxygen atoms in total. The van der Waals surface area contributed by atoms with Gasteiger partial charge in [0.15, 0.2) is 0 Å². The predicted molar refractivity (Wildman–Crippen MR) is 51.1 cm³/mol. The summed E-state index contributed by atoms with van der Waals surface area (Å²) in [6.45, 7) is 1.54. The van der Waals surface area contributed by atoms with Gasteiger partial charge in [0, 0.05) is 23.9 Å². The fourth-order valence-electron chi connectivity index (χ4n) is 0.939. The molecule has 0 radical (unpaired) electrons. The minimum absolute atomic E-state index is 0.130. The Kier molecular flexibility index (Phi) is 3.41. The Labute approximate surface area is 80.8 Å². The number of rotatable bonds is 3. The van der Waals surface area contributed by atoms with E-state index in [9.17, 15) is 9.59 Å². The number of aromatic nitrogens is 1. The highest BCUT2D eigenvalue weighted by atomic mass is 16.3. The number of amides is 1. The van der Waals surface area contributed by atoms with Crippen LogP contribution in [0.1, 0.15) is 17.3 Å². The largest absolute Gasteiger partial charge is 0.394 e. The zero-order valence-corrected chi connectivity index (χ0v) is 7.78. The zero-order chi connectivity index (χ0) is 10.6. The lowest BCUT2D eigenvalue weighted by Crippen LogP contribution is -2.35. The number of pyridine rings is 1. The lowest BCUT2D eigenvalue weighted by Gasteiger charge is -2.09. The summed E-state index contributed by atoms with van der Waals surface area (Å²) in [6.07, 6.45) is 1.40. The molecule has 1 aromatic rings. The van der Waals surface area contributed by atoms with Crippen LogP contribution in [-0.4, -0.2) is 28.6 Å². The number of hydrogen-bond donors (Lipinski definition) is 3. The number of carbonyl (C=O) groups excluding carboxylic acids is 1. The average Bonchev–Trinajstić information content (AvgIpc) is 2.17. The van der Waals surface area contributed by atoms with Crippen molar-refractivity contribution in [1.82, 2.24) is 10.3 Å². The number of aromatic amines is 1. The molecule has 1 rings (SSSR count). The maximum absolute atomic E-state index is 11.4. The van der Waals surface area contributed by atoms with Crippen molar-refractivity contribution in [3.8, 4) is 0 Å². The second-order valence-corrected chi connectivity index (χ2v) is 3.00. The zero-order valence-electron chi connectivity index (χ0n) is 7.78. The summed E-state index contributed by atoms with van der Waals surface area (Å²) in [7, 11) is 0. The van der Waals surface area contributed by atoms with Crippen LogP contribution in [0.2, 0.25) is 0 Å². The molecule has 1 unspecified atom stereocenters. The van der Waals surface area contributed by atoms with Crippen LogP contribution in [0, 0.1) is 0 Å². The van der Waals surface area contributed by atoms with E-state index in [1.807, 2.05) is 0 Å². The van der Waals surface area contributed by atoms with Crippen LogP contribution in [0.5, 0.6) is 0 Å². The number of aliphatic hydroxyl groups excluding tert-OH is 1. The molecule has 3 N–H and O–H groups in total. The lowest BCUT2D eigenvalue weighted by atomic mass is 10.2.